The van der Waals surface area contributed by atoms with Crippen LogP contribution in [0.3, 0.4) is 0 Å². The molecule has 0 spiro atoms. The highest BCUT2D eigenvalue weighted by molar-refractivity contribution is 5.72. The summed E-state index contributed by atoms with van der Waals surface area (Å²) >= 11 is 0. The Labute approximate surface area is 315 Å². The number of hydrogen-bond donors (Lipinski definition) is 6. The van der Waals surface area contributed by atoms with E-state index in [-0.39, 0.29) is 53.7 Å². The lowest BCUT2D eigenvalue weighted by molar-refractivity contribution is -0.144. The van der Waals surface area contributed by atoms with Gasteiger partial charge in [0.1, 0.15) is 0 Å². The fourth-order valence-corrected chi connectivity index (χ4v) is 7.96. The number of carboxylic acids is 3. The fraction of sp³-hybridized carbons (Fsp3) is 0.500. The highest BCUT2D eigenvalue weighted by Gasteiger charge is 2.33. The van der Waals surface area contributed by atoms with Crippen LogP contribution in [-0.4, -0.2) is 77.4 Å². The molecule has 52 heavy (non-hydrogen) atoms. The molecular weight excluding hydrogens is 656 g/mol. The third kappa shape index (κ3) is 10.3. The van der Waals surface area contributed by atoms with Gasteiger partial charge in [0.15, 0.2) is 0 Å². The van der Waals surface area contributed by atoms with Crippen molar-refractivity contribution in [1.29, 1.82) is 0 Å². The normalized spacial score (nSPS) is 24.5. The molecule has 3 aromatic carbocycles. The van der Waals surface area contributed by atoms with E-state index in [1.807, 2.05) is 0 Å². The van der Waals surface area contributed by atoms with Crippen molar-refractivity contribution >= 4 is 17.9 Å². The van der Waals surface area contributed by atoms with Crippen molar-refractivity contribution in [2.24, 2.45) is 35.5 Å². The van der Waals surface area contributed by atoms with Crippen LogP contribution < -0.4 is 16.0 Å². The van der Waals surface area contributed by atoms with Crippen molar-refractivity contribution in [1.82, 2.24) is 20.9 Å². The summed E-state index contributed by atoms with van der Waals surface area (Å²) in [5.41, 5.74) is 1.27. The Morgan fingerprint density at radius 3 is 1.10 bits per heavy atom. The van der Waals surface area contributed by atoms with E-state index in [9.17, 15) is 37.9 Å². The Morgan fingerprint density at radius 1 is 0.558 bits per heavy atom. The SMILES string of the molecule is [2H]C([2H])(c1cccc(C[C@H](C(=O)O)[C@H]2CCNC2)c1)N(C([2H])([2H])c1cccc(C[C@H](C(=O)O)[C@H]2CCNC2)c1)C([2H])([2H])c1cccc(C[C@H](C(=O)O)[C@H]2CCNC2)c1. The first-order valence-electron chi connectivity index (χ1n) is 21.4. The average Bonchev–Trinajstić information content (AvgIpc) is 4.00. The third-order valence-corrected chi connectivity index (χ3v) is 10.8. The van der Waals surface area contributed by atoms with Gasteiger partial charge in [-0.15, -0.1) is 0 Å². The van der Waals surface area contributed by atoms with E-state index in [1.165, 1.54) is 36.4 Å². The van der Waals surface area contributed by atoms with Gasteiger partial charge in [0.25, 0.3) is 0 Å². The van der Waals surface area contributed by atoms with Crippen LogP contribution >= 0.6 is 0 Å². The molecule has 6 rings (SSSR count). The lowest BCUT2D eigenvalue weighted by atomic mass is 9.85. The maximum absolute atomic E-state index is 12.4. The minimum atomic E-state index is -2.87. The van der Waals surface area contributed by atoms with Crippen LogP contribution in [0.15, 0.2) is 72.8 Å². The van der Waals surface area contributed by atoms with Crippen molar-refractivity contribution in [3.05, 3.63) is 106 Å². The minimum absolute atomic E-state index is 0.0851. The Hall–Kier alpha value is -4.09. The van der Waals surface area contributed by atoms with E-state index in [0.29, 0.717) is 80.1 Å². The Bertz CT molecular complexity index is 1720. The standard InChI is InChI=1S/C42H54N4O6/c47-40(48)37(34-10-13-43-22-34)19-28-4-1-7-31(16-28)25-46(26-32-8-2-5-29(17-32)20-38(41(49)50)35-11-14-44-23-35)27-33-9-3-6-30(18-33)21-39(42(51)52)36-12-15-45-24-36/h1-9,16-18,34-39,43-45H,10-15,19-27H2,(H,47,48)(H,49,50)(H,51,52)/t34-,35-,36-,37-,38-,39-/m0/s1/i25D2,26D2,27D2. The Balaban J connectivity index is 1.41. The van der Waals surface area contributed by atoms with E-state index < -0.39 is 55.2 Å². The van der Waals surface area contributed by atoms with E-state index in [4.69, 9.17) is 0 Å². The van der Waals surface area contributed by atoms with Crippen molar-refractivity contribution in [2.75, 3.05) is 39.3 Å². The first-order valence-corrected chi connectivity index (χ1v) is 18.4. The zero-order valence-electron chi connectivity index (χ0n) is 35.4. The molecule has 0 bridgehead atoms. The second kappa shape index (κ2) is 18.1. The van der Waals surface area contributed by atoms with Gasteiger partial charge in [0.05, 0.1) is 17.8 Å². The monoisotopic (exact) mass is 716 g/mol. The van der Waals surface area contributed by atoms with Crippen molar-refractivity contribution in [3.8, 4) is 0 Å². The highest BCUT2D eigenvalue weighted by atomic mass is 16.4. The van der Waals surface area contributed by atoms with Gasteiger partial charge in [-0.1, -0.05) is 72.8 Å². The Kier molecular flexibility index (Phi) is 10.6. The number of carboxylic acid groups (broad SMARTS) is 3. The van der Waals surface area contributed by atoms with Crippen LogP contribution in [0.2, 0.25) is 0 Å². The first kappa shape index (κ1) is 30.4. The summed E-state index contributed by atoms with van der Waals surface area (Å²) in [4.78, 5) is 37.7. The van der Waals surface area contributed by atoms with Crippen LogP contribution in [-0.2, 0) is 53.1 Å². The summed E-state index contributed by atoms with van der Waals surface area (Å²) in [6, 6.07) is 18.5. The van der Waals surface area contributed by atoms with Gasteiger partial charge in [-0.25, -0.2) is 0 Å². The molecule has 10 nitrogen and oxygen atoms in total. The van der Waals surface area contributed by atoms with Gasteiger partial charge in [-0.3, -0.25) is 19.3 Å². The molecule has 3 heterocycles. The second-order valence-electron chi connectivity index (χ2n) is 14.5. The zero-order chi connectivity index (χ0) is 41.8. The van der Waals surface area contributed by atoms with E-state index in [1.54, 1.807) is 36.4 Å². The molecule has 0 radical (unpaired) electrons. The average molecular weight is 717 g/mol. The van der Waals surface area contributed by atoms with Gasteiger partial charge in [0, 0.05) is 27.7 Å². The van der Waals surface area contributed by atoms with Crippen LogP contribution in [0.25, 0.3) is 0 Å². The highest BCUT2D eigenvalue weighted by Crippen LogP contribution is 2.28. The van der Waals surface area contributed by atoms with Crippen LogP contribution in [0.1, 0.15) is 60.9 Å². The fourth-order valence-electron chi connectivity index (χ4n) is 7.96. The predicted octanol–water partition coefficient (Wildman–Crippen LogP) is 4.45. The smallest absolute Gasteiger partial charge is 0.307 e. The lowest BCUT2D eigenvalue weighted by Gasteiger charge is -2.25. The molecule has 3 aromatic rings. The van der Waals surface area contributed by atoms with Crippen molar-refractivity contribution < 1.29 is 37.9 Å². The first-order chi connectivity index (χ1) is 27.5. The third-order valence-electron chi connectivity index (χ3n) is 10.8. The van der Waals surface area contributed by atoms with Gasteiger partial charge in [0.2, 0.25) is 0 Å². The van der Waals surface area contributed by atoms with Crippen LogP contribution in [0.4, 0.5) is 0 Å². The molecule has 0 aromatic heterocycles. The molecule has 10 heteroatoms. The summed E-state index contributed by atoms with van der Waals surface area (Å²) in [5, 5.41) is 40.0. The van der Waals surface area contributed by atoms with E-state index in [0.717, 1.165) is 0 Å². The minimum Gasteiger partial charge on any atom is -0.481 e. The maximum atomic E-state index is 12.4. The van der Waals surface area contributed by atoms with Crippen LogP contribution in [0.5, 0.6) is 0 Å². The number of aliphatic carboxylic acids is 3. The molecule has 6 atom stereocenters. The lowest BCUT2D eigenvalue weighted by Crippen LogP contribution is -2.28. The quantitative estimate of drug-likeness (QED) is 0.112. The summed E-state index contributed by atoms with van der Waals surface area (Å²) in [6.45, 7) is -4.91. The second-order valence-corrected chi connectivity index (χ2v) is 14.5. The van der Waals surface area contributed by atoms with Gasteiger partial charge in [-0.05, 0) is 129 Å². The molecule has 0 aliphatic carbocycles. The van der Waals surface area contributed by atoms with Gasteiger partial charge < -0.3 is 31.3 Å². The topological polar surface area (TPSA) is 151 Å². The summed E-state index contributed by atoms with van der Waals surface area (Å²) in [6.07, 6.45) is 2.33. The van der Waals surface area contributed by atoms with E-state index >= 15 is 0 Å². The van der Waals surface area contributed by atoms with Crippen molar-refractivity contribution in [2.45, 2.75) is 58.0 Å². The van der Waals surface area contributed by atoms with Crippen LogP contribution in [0, 0.1) is 35.5 Å². The molecule has 3 saturated heterocycles. The predicted molar refractivity (Wildman–Crippen MR) is 200 cm³/mol. The number of rotatable bonds is 18. The van der Waals surface area contributed by atoms with E-state index in [2.05, 4.69) is 16.0 Å². The molecule has 0 unspecified atom stereocenters. The zero-order valence-corrected chi connectivity index (χ0v) is 29.4. The molecule has 278 valence electrons. The Morgan fingerprint density at radius 2 is 0.846 bits per heavy atom. The number of nitrogens with zero attached hydrogens (tertiary/aromatic N) is 1. The molecular formula is C42H54N4O6. The molecule has 0 amide bonds. The molecule has 0 saturated carbocycles. The molecule has 3 fully saturated rings. The molecule has 6 N–H and O–H groups in total. The summed E-state index contributed by atoms with van der Waals surface area (Å²) in [7, 11) is 0. The molecule has 3 aliphatic heterocycles. The number of hydrogen-bond acceptors (Lipinski definition) is 7. The largest absolute Gasteiger partial charge is 0.481 e. The maximum Gasteiger partial charge on any atom is 0.307 e. The summed E-state index contributed by atoms with van der Waals surface area (Å²) in [5.74, 6) is -5.56. The van der Waals surface area contributed by atoms with Gasteiger partial charge >= 0.3 is 17.9 Å². The summed E-state index contributed by atoms with van der Waals surface area (Å²) < 4.78 is 57.9. The molecule has 3 aliphatic rings. The van der Waals surface area contributed by atoms with Gasteiger partial charge in [-0.2, -0.15) is 0 Å². The number of benzene rings is 3. The number of carbonyl (C=O) groups is 3. The number of nitrogens with one attached hydrogen (secondary N) is 3. The van der Waals surface area contributed by atoms with Crippen molar-refractivity contribution in [3.63, 3.8) is 0 Å².